The highest BCUT2D eigenvalue weighted by Crippen LogP contribution is 2.32. The van der Waals surface area contributed by atoms with E-state index in [0.29, 0.717) is 36.8 Å². The van der Waals surface area contributed by atoms with Crippen LogP contribution in [0.25, 0.3) is 0 Å². The molecule has 45 heavy (non-hydrogen) atoms. The summed E-state index contributed by atoms with van der Waals surface area (Å²) in [5.74, 6) is -2.06. The van der Waals surface area contributed by atoms with Crippen LogP contribution in [0.5, 0.6) is 0 Å². The predicted molar refractivity (Wildman–Crippen MR) is 170 cm³/mol. The molecule has 2 aromatic rings. The molecule has 4 rings (SSSR count). The van der Waals surface area contributed by atoms with Crippen molar-refractivity contribution in [2.24, 2.45) is 11.8 Å². The van der Waals surface area contributed by atoms with Crippen molar-refractivity contribution in [2.75, 3.05) is 38.5 Å². The van der Waals surface area contributed by atoms with Gasteiger partial charge < -0.3 is 25.8 Å². The standard InChI is InChI=1S/C33H48FN7O4/c1-6-28(42)37-29(33(45)40-18-16-39(5)17-19-40)22(4)24-12-13-26(25(34)20-24)36-32(44)30(23-10-8-21(3)9-11-23)38-31(43)27-14-15-35-41(27)7-2/h12-15,20-23,29-30H,6-11,16-19H2,1-5H3,(H,36,44)(H,37,42)(H,38,43)/t21?,22?,23?,29-,30+/m1/s1. The molecule has 4 amide bonds. The summed E-state index contributed by atoms with van der Waals surface area (Å²) in [6, 6.07) is 4.36. The Bertz CT molecular complexity index is 1350. The number of hydrogen-bond acceptors (Lipinski definition) is 6. The van der Waals surface area contributed by atoms with E-state index in [9.17, 15) is 19.2 Å². The molecule has 2 fully saturated rings. The Morgan fingerprint density at radius 1 is 1.00 bits per heavy atom. The molecule has 1 aromatic carbocycles. The maximum absolute atomic E-state index is 15.6. The number of aromatic nitrogens is 2. The van der Waals surface area contributed by atoms with Crippen molar-refractivity contribution in [3.8, 4) is 0 Å². The first-order valence-corrected chi connectivity index (χ1v) is 16.2. The summed E-state index contributed by atoms with van der Waals surface area (Å²) in [5.41, 5.74) is 0.866. The molecule has 1 saturated carbocycles. The third-order valence-corrected chi connectivity index (χ3v) is 9.35. The second-order valence-corrected chi connectivity index (χ2v) is 12.5. The van der Waals surface area contributed by atoms with Gasteiger partial charge in [-0.2, -0.15) is 5.10 Å². The summed E-state index contributed by atoms with van der Waals surface area (Å²) in [6.07, 6.45) is 5.21. The van der Waals surface area contributed by atoms with Crippen molar-refractivity contribution in [1.29, 1.82) is 0 Å². The van der Waals surface area contributed by atoms with Gasteiger partial charge in [0.1, 0.15) is 23.6 Å². The summed E-state index contributed by atoms with van der Waals surface area (Å²) in [6.45, 7) is 10.7. The van der Waals surface area contributed by atoms with Gasteiger partial charge in [0.25, 0.3) is 5.91 Å². The van der Waals surface area contributed by atoms with Crippen molar-refractivity contribution >= 4 is 29.3 Å². The highest BCUT2D eigenvalue weighted by molar-refractivity contribution is 6.00. The van der Waals surface area contributed by atoms with Crippen LogP contribution < -0.4 is 16.0 Å². The normalized spacial score (nSPS) is 21.0. The van der Waals surface area contributed by atoms with Gasteiger partial charge in [-0.25, -0.2) is 4.39 Å². The van der Waals surface area contributed by atoms with Crippen LogP contribution in [0.3, 0.4) is 0 Å². The average molecular weight is 626 g/mol. The predicted octanol–water partition coefficient (Wildman–Crippen LogP) is 3.38. The van der Waals surface area contributed by atoms with Gasteiger partial charge in [0.15, 0.2) is 0 Å². The topological polar surface area (TPSA) is 129 Å². The average Bonchev–Trinajstić information content (AvgIpc) is 3.53. The maximum Gasteiger partial charge on any atom is 0.270 e. The van der Waals surface area contributed by atoms with E-state index >= 15 is 4.39 Å². The minimum absolute atomic E-state index is 0.0162. The van der Waals surface area contributed by atoms with Gasteiger partial charge in [0, 0.05) is 51.3 Å². The van der Waals surface area contributed by atoms with Crippen molar-refractivity contribution in [1.82, 2.24) is 30.2 Å². The van der Waals surface area contributed by atoms with Gasteiger partial charge in [0.05, 0.1) is 5.69 Å². The number of carbonyl (C=O) groups excluding carboxylic acids is 4. The van der Waals surface area contributed by atoms with E-state index in [4.69, 9.17) is 0 Å². The monoisotopic (exact) mass is 625 g/mol. The zero-order chi connectivity index (χ0) is 32.7. The van der Waals surface area contributed by atoms with Crippen LogP contribution in [0.15, 0.2) is 30.5 Å². The molecular formula is C33H48FN7O4. The zero-order valence-corrected chi connectivity index (χ0v) is 27.1. The number of benzene rings is 1. The fraction of sp³-hybridized carbons (Fsp3) is 0.606. The third kappa shape index (κ3) is 8.47. The Kier molecular flexibility index (Phi) is 11.7. The van der Waals surface area contributed by atoms with E-state index in [1.165, 1.54) is 12.1 Å². The number of nitrogens with zero attached hydrogens (tertiary/aromatic N) is 4. The smallest absolute Gasteiger partial charge is 0.270 e. The molecule has 246 valence electrons. The van der Waals surface area contributed by atoms with Crippen molar-refractivity contribution in [3.63, 3.8) is 0 Å². The van der Waals surface area contributed by atoms with Crippen LogP contribution in [0.2, 0.25) is 0 Å². The highest BCUT2D eigenvalue weighted by Gasteiger charge is 2.35. The van der Waals surface area contributed by atoms with Gasteiger partial charge in [-0.3, -0.25) is 23.9 Å². The summed E-state index contributed by atoms with van der Waals surface area (Å²) in [5, 5.41) is 12.6. The van der Waals surface area contributed by atoms with E-state index in [1.807, 2.05) is 14.0 Å². The molecule has 0 radical (unpaired) electrons. The summed E-state index contributed by atoms with van der Waals surface area (Å²) in [4.78, 5) is 56.7. The Morgan fingerprint density at radius 3 is 2.31 bits per heavy atom. The fourth-order valence-electron chi connectivity index (χ4n) is 6.23. The number of piperazine rings is 1. The SMILES string of the molecule is CCC(=O)N[C@@H](C(=O)N1CCN(C)CC1)C(C)c1ccc(NC(=O)[C@@H](NC(=O)c2ccnn2CC)C2CCC(C)CC2)c(F)c1. The molecule has 12 heteroatoms. The first-order chi connectivity index (χ1) is 21.5. The number of amides is 4. The van der Waals surface area contributed by atoms with Crippen molar-refractivity contribution in [3.05, 3.63) is 47.5 Å². The molecule has 1 aliphatic heterocycles. The fourth-order valence-corrected chi connectivity index (χ4v) is 6.23. The number of anilines is 1. The second-order valence-electron chi connectivity index (χ2n) is 12.5. The molecule has 1 saturated heterocycles. The molecule has 11 nitrogen and oxygen atoms in total. The Labute approximate surface area is 265 Å². The number of rotatable bonds is 11. The molecule has 1 unspecified atom stereocenters. The van der Waals surface area contributed by atoms with Gasteiger partial charge in [-0.15, -0.1) is 0 Å². The minimum Gasteiger partial charge on any atom is -0.344 e. The number of carbonyl (C=O) groups is 4. The first kappa shape index (κ1) is 34.1. The quantitative estimate of drug-likeness (QED) is 0.351. The summed E-state index contributed by atoms with van der Waals surface area (Å²) < 4.78 is 17.2. The third-order valence-electron chi connectivity index (χ3n) is 9.35. The van der Waals surface area contributed by atoms with Crippen LogP contribution >= 0.6 is 0 Å². The lowest BCUT2D eigenvalue weighted by molar-refractivity contribution is -0.138. The molecular weight excluding hydrogens is 577 g/mol. The van der Waals surface area contributed by atoms with Gasteiger partial charge >= 0.3 is 0 Å². The molecule has 2 heterocycles. The molecule has 1 aromatic heterocycles. The van der Waals surface area contributed by atoms with E-state index < -0.39 is 35.6 Å². The Hall–Kier alpha value is -3.80. The zero-order valence-electron chi connectivity index (χ0n) is 27.1. The van der Waals surface area contributed by atoms with Crippen LogP contribution in [-0.4, -0.2) is 88.5 Å². The van der Waals surface area contributed by atoms with Gasteiger partial charge in [0.2, 0.25) is 17.7 Å². The summed E-state index contributed by atoms with van der Waals surface area (Å²) >= 11 is 0. The van der Waals surface area contributed by atoms with Crippen molar-refractivity contribution < 1.29 is 23.6 Å². The molecule has 0 spiro atoms. The Balaban J connectivity index is 1.52. The van der Waals surface area contributed by atoms with Gasteiger partial charge in [-0.1, -0.05) is 39.7 Å². The van der Waals surface area contributed by atoms with Gasteiger partial charge in [-0.05, 0) is 62.4 Å². The van der Waals surface area contributed by atoms with Crippen molar-refractivity contribution in [2.45, 2.75) is 84.3 Å². The lowest BCUT2D eigenvalue weighted by Crippen LogP contribution is -2.55. The second kappa shape index (κ2) is 15.5. The van der Waals surface area contributed by atoms with E-state index in [0.717, 1.165) is 38.8 Å². The summed E-state index contributed by atoms with van der Waals surface area (Å²) in [7, 11) is 2.00. The number of nitrogens with one attached hydrogen (secondary N) is 3. The van der Waals surface area contributed by atoms with E-state index in [2.05, 4.69) is 32.9 Å². The number of aryl methyl sites for hydroxylation is 1. The van der Waals surface area contributed by atoms with Crippen LogP contribution in [-0.2, 0) is 20.9 Å². The number of hydrogen-bond donors (Lipinski definition) is 3. The molecule has 2 aliphatic rings. The molecule has 3 atom stereocenters. The van der Waals surface area contributed by atoms with Crippen LogP contribution in [0, 0.1) is 17.7 Å². The van der Waals surface area contributed by atoms with Crippen LogP contribution in [0.1, 0.15) is 81.8 Å². The highest BCUT2D eigenvalue weighted by atomic mass is 19.1. The minimum atomic E-state index is -0.856. The lowest BCUT2D eigenvalue weighted by atomic mass is 9.79. The number of likely N-dealkylation sites (N-methyl/N-ethyl adjacent to an activating group) is 1. The molecule has 0 bridgehead atoms. The first-order valence-electron chi connectivity index (χ1n) is 16.2. The molecule has 1 aliphatic carbocycles. The maximum atomic E-state index is 15.6. The van der Waals surface area contributed by atoms with E-state index in [1.54, 1.807) is 41.8 Å². The Morgan fingerprint density at radius 2 is 1.69 bits per heavy atom. The largest absolute Gasteiger partial charge is 0.344 e. The van der Waals surface area contributed by atoms with Crippen LogP contribution in [0.4, 0.5) is 10.1 Å². The van der Waals surface area contributed by atoms with E-state index in [-0.39, 0.29) is 29.8 Å². The lowest BCUT2D eigenvalue weighted by Gasteiger charge is -2.36. The molecule has 3 N–H and O–H groups in total. The number of halogens is 1.